The van der Waals surface area contributed by atoms with E-state index in [4.69, 9.17) is 4.98 Å². The lowest BCUT2D eigenvalue weighted by molar-refractivity contribution is -0.121. The molecule has 0 radical (unpaired) electrons. The van der Waals surface area contributed by atoms with Gasteiger partial charge in [0.1, 0.15) is 12.4 Å². The lowest BCUT2D eigenvalue weighted by Crippen LogP contribution is -2.27. The first-order chi connectivity index (χ1) is 13.3. The van der Waals surface area contributed by atoms with Crippen molar-refractivity contribution < 1.29 is 4.79 Å². The number of nitrogens with one attached hydrogen (secondary N) is 1. The van der Waals surface area contributed by atoms with Crippen molar-refractivity contribution in [3.63, 3.8) is 0 Å². The van der Waals surface area contributed by atoms with Crippen molar-refractivity contribution in [3.8, 4) is 0 Å². The molecular weight excluding hydrogens is 372 g/mol. The minimum absolute atomic E-state index is 0. The van der Waals surface area contributed by atoms with Crippen molar-refractivity contribution in [2.45, 2.75) is 19.5 Å². The highest BCUT2D eigenvalue weighted by atomic mass is 35.5. The quantitative estimate of drug-likeness (QED) is 0.543. The molecule has 2 aromatic carbocycles. The van der Waals surface area contributed by atoms with Crippen LogP contribution >= 0.6 is 12.4 Å². The zero-order chi connectivity index (χ0) is 18.5. The Morgan fingerprint density at radius 3 is 2.46 bits per heavy atom. The Morgan fingerprint density at radius 1 is 0.929 bits per heavy atom. The largest absolute Gasteiger partial charge is 0.350 e. The molecule has 4 rings (SSSR count). The van der Waals surface area contributed by atoms with E-state index < -0.39 is 0 Å². The lowest BCUT2D eigenvalue weighted by atomic mass is 10.1. The maximum atomic E-state index is 12.6. The molecule has 0 spiro atoms. The van der Waals surface area contributed by atoms with Crippen LogP contribution in [0, 0.1) is 0 Å². The zero-order valence-electron chi connectivity index (χ0n) is 15.3. The summed E-state index contributed by atoms with van der Waals surface area (Å²) in [6.07, 6.45) is 4.16. The van der Waals surface area contributed by atoms with Gasteiger partial charge in [-0.15, -0.1) is 12.4 Å². The molecule has 5 nitrogen and oxygen atoms in total. The number of pyridine rings is 1. The second-order valence-corrected chi connectivity index (χ2v) is 6.40. The fourth-order valence-corrected chi connectivity index (χ4v) is 3.12. The average Bonchev–Trinajstić information content (AvgIpc) is 3.05. The maximum Gasteiger partial charge on any atom is 0.240 e. The molecule has 0 bridgehead atoms. The number of halogens is 1. The molecule has 2 heterocycles. The van der Waals surface area contributed by atoms with Gasteiger partial charge in [0, 0.05) is 25.4 Å². The van der Waals surface area contributed by atoms with E-state index in [9.17, 15) is 4.79 Å². The van der Waals surface area contributed by atoms with Crippen LogP contribution in [0.2, 0.25) is 0 Å². The van der Waals surface area contributed by atoms with Crippen molar-refractivity contribution in [1.82, 2.24) is 19.9 Å². The third-order valence-corrected chi connectivity index (χ3v) is 4.45. The second kappa shape index (κ2) is 9.15. The normalized spacial score (nSPS) is 10.4. The number of amides is 1. The van der Waals surface area contributed by atoms with E-state index in [1.807, 2.05) is 59.2 Å². The molecule has 0 aliphatic rings. The van der Waals surface area contributed by atoms with Gasteiger partial charge in [-0.1, -0.05) is 48.5 Å². The molecule has 0 fully saturated rings. The van der Waals surface area contributed by atoms with E-state index in [1.54, 1.807) is 12.4 Å². The van der Waals surface area contributed by atoms with Crippen LogP contribution in [-0.4, -0.2) is 20.4 Å². The first-order valence-corrected chi connectivity index (χ1v) is 8.93. The molecule has 0 saturated carbocycles. The number of hydrogen-bond acceptors (Lipinski definition) is 3. The van der Waals surface area contributed by atoms with Crippen molar-refractivity contribution in [1.29, 1.82) is 0 Å². The Bertz CT molecular complexity index is 1050. The first-order valence-electron chi connectivity index (χ1n) is 8.93. The molecule has 0 saturated heterocycles. The predicted molar refractivity (Wildman–Crippen MR) is 112 cm³/mol. The van der Waals surface area contributed by atoms with Gasteiger partial charge in [0.15, 0.2) is 0 Å². The molecule has 0 aliphatic carbocycles. The fourth-order valence-electron chi connectivity index (χ4n) is 3.12. The molecule has 28 heavy (non-hydrogen) atoms. The summed E-state index contributed by atoms with van der Waals surface area (Å²) in [6, 6.07) is 21.9. The van der Waals surface area contributed by atoms with Crippen LogP contribution in [-0.2, 0) is 24.3 Å². The molecule has 2 aromatic heterocycles. The molecule has 4 aromatic rings. The van der Waals surface area contributed by atoms with Crippen molar-refractivity contribution in [2.24, 2.45) is 0 Å². The molecule has 0 unspecified atom stereocenters. The van der Waals surface area contributed by atoms with Crippen molar-refractivity contribution >= 4 is 29.3 Å². The SMILES string of the molecule is Cl.O=C(Cn1c(Cc2ccccc2)nc2ccccc21)NCc1cccnc1. The average molecular weight is 393 g/mol. The van der Waals surface area contributed by atoms with Gasteiger partial charge in [-0.2, -0.15) is 0 Å². The molecule has 0 atom stereocenters. The van der Waals surface area contributed by atoms with Crippen LogP contribution in [0.5, 0.6) is 0 Å². The van der Waals surface area contributed by atoms with Gasteiger partial charge < -0.3 is 9.88 Å². The Labute approximate surface area is 169 Å². The molecule has 1 N–H and O–H groups in total. The second-order valence-electron chi connectivity index (χ2n) is 6.40. The summed E-state index contributed by atoms with van der Waals surface area (Å²) in [7, 11) is 0. The number of fused-ring (bicyclic) bond motifs is 1. The molecule has 1 amide bonds. The number of carbonyl (C=O) groups is 1. The van der Waals surface area contributed by atoms with Crippen LogP contribution in [0.1, 0.15) is 17.0 Å². The Morgan fingerprint density at radius 2 is 1.68 bits per heavy atom. The number of benzene rings is 2. The highest BCUT2D eigenvalue weighted by Crippen LogP contribution is 2.18. The molecule has 142 valence electrons. The van der Waals surface area contributed by atoms with Gasteiger partial charge in [0.2, 0.25) is 5.91 Å². The summed E-state index contributed by atoms with van der Waals surface area (Å²) in [4.78, 5) is 21.4. The van der Waals surface area contributed by atoms with Gasteiger partial charge in [-0.25, -0.2) is 4.98 Å². The summed E-state index contributed by atoms with van der Waals surface area (Å²) in [5.41, 5.74) is 4.03. The van der Waals surface area contributed by atoms with E-state index in [1.165, 1.54) is 5.56 Å². The van der Waals surface area contributed by atoms with Gasteiger partial charge >= 0.3 is 0 Å². The highest BCUT2D eigenvalue weighted by molar-refractivity contribution is 5.85. The topological polar surface area (TPSA) is 59.8 Å². The smallest absolute Gasteiger partial charge is 0.240 e. The van der Waals surface area contributed by atoms with E-state index in [0.29, 0.717) is 13.0 Å². The summed E-state index contributed by atoms with van der Waals surface area (Å²) in [5, 5.41) is 2.97. The standard InChI is InChI=1S/C22H20N4O.ClH/c27-22(24-15-18-9-6-12-23-14-18)16-26-20-11-5-4-10-19(20)25-21(26)13-17-7-2-1-3-8-17;/h1-12,14H,13,15-16H2,(H,24,27);1H. The number of rotatable bonds is 6. The van der Waals surface area contributed by atoms with Crippen molar-refractivity contribution in [3.05, 3.63) is 96.1 Å². The molecule has 6 heteroatoms. The van der Waals surface area contributed by atoms with E-state index in [2.05, 4.69) is 22.4 Å². The maximum absolute atomic E-state index is 12.6. The fraction of sp³-hybridized carbons (Fsp3) is 0.136. The Hall–Kier alpha value is -3.18. The number of aromatic nitrogens is 3. The highest BCUT2D eigenvalue weighted by Gasteiger charge is 2.14. The molecule has 0 aliphatic heterocycles. The number of nitrogens with zero attached hydrogens (tertiary/aromatic N) is 3. The van der Waals surface area contributed by atoms with E-state index in [-0.39, 0.29) is 24.9 Å². The summed E-state index contributed by atoms with van der Waals surface area (Å²) in [5.74, 6) is 0.843. The summed E-state index contributed by atoms with van der Waals surface area (Å²) >= 11 is 0. The number of para-hydroxylation sites is 2. The zero-order valence-corrected chi connectivity index (χ0v) is 16.1. The minimum atomic E-state index is -0.0451. The summed E-state index contributed by atoms with van der Waals surface area (Å²) < 4.78 is 2.00. The van der Waals surface area contributed by atoms with Crippen LogP contribution in [0.25, 0.3) is 11.0 Å². The van der Waals surface area contributed by atoms with Gasteiger partial charge in [0.05, 0.1) is 11.0 Å². The minimum Gasteiger partial charge on any atom is -0.350 e. The first kappa shape index (κ1) is 19.6. The van der Waals surface area contributed by atoms with Gasteiger partial charge in [-0.3, -0.25) is 9.78 Å². The Balaban J connectivity index is 0.00000225. The lowest BCUT2D eigenvalue weighted by Gasteiger charge is -2.10. The van der Waals surface area contributed by atoms with E-state index in [0.717, 1.165) is 22.4 Å². The van der Waals surface area contributed by atoms with Crippen LogP contribution < -0.4 is 5.32 Å². The predicted octanol–water partition coefficient (Wildman–Crippen LogP) is 3.76. The third-order valence-electron chi connectivity index (χ3n) is 4.45. The van der Waals surface area contributed by atoms with Gasteiger partial charge in [-0.05, 0) is 29.3 Å². The third kappa shape index (κ3) is 4.56. The van der Waals surface area contributed by atoms with Crippen LogP contribution in [0.3, 0.4) is 0 Å². The van der Waals surface area contributed by atoms with Gasteiger partial charge in [0.25, 0.3) is 0 Å². The Kier molecular flexibility index (Phi) is 6.40. The summed E-state index contributed by atoms with van der Waals surface area (Å²) in [6.45, 7) is 0.705. The number of imidazole rings is 1. The van der Waals surface area contributed by atoms with Crippen molar-refractivity contribution in [2.75, 3.05) is 0 Å². The molecular formula is C22H21ClN4O. The number of hydrogen-bond donors (Lipinski definition) is 1. The monoisotopic (exact) mass is 392 g/mol. The van der Waals surface area contributed by atoms with Crippen LogP contribution in [0.4, 0.5) is 0 Å². The van der Waals surface area contributed by atoms with E-state index >= 15 is 0 Å². The number of carbonyl (C=O) groups excluding carboxylic acids is 1. The van der Waals surface area contributed by atoms with Crippen LogP contribution in [0.15, 0.2) is 79.1 Å².